The molecule has 0 amide bonds. The van der Waals surface area contributed by atoms with Crippen LogP contribution in [-0.2, 0) is 20.3 Å². The second-order valence-corrected chi connectivity index (χ2v) is 5.97. The molecular weight excluding hydrogens is 250 g/mol. The van der Waals surface area contributed by atoms with Crippen molar-refractivity contribution in [1.82, 2.24) is 0 Å². The number of nitrogens with two attached hydrogens (primary N) is 1. The highest BCUT2D eigenvalue weighted by Gasteiger charge is 2.24. The third-order valence-electron chi connectivity index (χ3n) is 3.08. The first-order chi connectivity index (χ1) is 8.43. The molecule has 4 nitrogen and oxygen atoms in total. The van der Waals surface area contributed by atoms with Crippen LogP contribution in [0.15, 0.2) is 11.5 Å². The molecule has 0 spiro atoms. The van der Waals surface area contributed by atoms with E-state index in [9.17, 15) is 9.00 Å². The highest BCUT2D eigenvalue weighted by atomic mass is 32.2. The van der Waals surface area contributed by atoms with Gasteiger partial charge in [0.05, 0.1) is 7.11 Å². The van der Waals surface area contributed by atoms with Gasteiger partial charge in [-0.05, 0) is 31.6 Å². The molecule has 0 saturated carbocycles. The summed E-state index contributed by atoms with van der Waals surface area (Å²) in [6, 6.07) is -0.560. The summed E-state index contributed by atoms with van der Waals surface area (Å²) >= 11 is 0. The zero-order valence-corrected chi connectivity index (χ0v) is 12.4. The Morgan fingerprint density at radius 1 is 1.44 bits per heavy atom. The van der Waals surface area contributed by atoms with Crippen LogP contribution in [0.1, 0.15) is 39.0 Å². The van der Waals surface area contributed by atoms with Crippen molar-refractivity contribution in [2.24, 2.45) is 11.7 Å². The molecule has 2 N–H and O–H groups in total. The van der Waals surface area contributed by atoms with Crippen molar-refractivity contribution in [3.63, 3.8) is 0 Å². The van der Waals surface area contributed by atoms with Crippen molar-refractivity contribution in [1.29, 1.82) is 0 Å². The van der Waals surface area contributed by atoms with E-state index in [1.54, 1.807) is 6.26 Å². The zero-order valence-electron chi connectivity index (χ0n) is 11.6. The quantitative estimate of drug-likeness (QED) is 0.653. The molecule has 0 aromatic carbocycles. The minimum absolute atomic E-state index is 0.126. The summed E-state index contributed by atoms with van der Waals surface area (Å²) in [5.41, 5.74) is 5.88. The average molecular weight is 275 g/mol. The third-order valence-corrected chi connectivity index (χ3v) is 4.09. The molecule has 3 unspecified atom stereocenters. The number of esters is 1. The Hall–Kier alpha value is -0.680. The van der Waals surface area contributed by atoms with Crippen LogP contribution >= 0.6 is 0 Å². The highest BCUT2D eigenvalue weighted by molar-refractivity contribution is 7.88. The van der Waals surface area contributed by atoms with Crippen molar-refractivity contribution in [2.45, 2.75) is 45.1 Å². The molecule has 106 valence electrons. The average Bonchev–Trinajstić information content (AvgIpc) is 2.35. The van der Waals surface area contributed by atoms with Crippen LogP contribution in [0.4, 0.5) is 0 Å². The Kier molecular flexibility index (Phi) is 8.93. The summed E-state index contributed by atoms with van der Waals surface area (Å²) in [6.45, 7) is 5.84. The molecule has 5 heteroatoms. The number of ether oxygens (including phenoxy) is 1. The summed E-state index contributed by atoms with van der Waals surface area (Å²) in [4.78, 5) is 12.2. The van der Waals surface area contributed by atoms with Gasteiger partial charge in [-0.1, -0.05) is 19.9 Å². The van der Waals surface area contributed by atoms with Gasteiger partial charge >= 0.3 is 5.97 Å². The fourth-order valence-electron chi connectivity index (χ4n) is 1.91. The van der Waals surface area contributed by atoms with Gasteiger partial charge in [0.25, 0.3) is 0 Å². The maximum Gasteiger partial charge on any atom is 0.322 e. The molecule has 0 heterocycles. The first-order valence-corrected chi connectivity index (χ1v) is 7.84. The van der Waals surface area contributed by atoms with Crippen LogP contribution in [0.5, 0.6) is 0 Å². The van der Waals surface area contributed by atoms with Gasteiger partial charge in [0.2, 0.25) is 0 Å². The standard InChI is InChI=1S/C13H25NO3S/c1-5-7-11(12(14)13(15)17-3)9-6-8-10(2)18(4)16/h11-12H,2,5-9,14H2,1,3-4H3. The fourth-order valence-corrected chi connectivity index (χ4v) is 2.34. The highest BCUT2D eigenvalue weighted by Crippen LogP contribution is 2.20. The van der Waals surface area contributed by atoms with Crippen molar-refractivity contribution >= 4 is 16.8 Å². The van der Waals surface area contributed by atoms with Gasteiger partial charge in [0.1, 0.15) is 6.04 Å². The lowest BCUT2D eigenvalue weighted by molar-refractivity contribution is -0.143. The first-order valence-electron chi connectivity index (χ1n) is 6.28. The monoisotopic (exact) mass is 275 g/mol. The van der Waals surface area contributed by atoms with Crippen LogP contribution in [0.25, 0.3) is 0 Å². The lowest BCUT2D eigenvalue weighted by Gasteiger charge is -2.21. The number of hydrogen-bond acceptors (Lipinski definition) is 4. The van der Waals surface area contributed by atoms with E-state index in [2.05, 4.69) is 18.2 Å². The molecule has 0 radical (unpaired) electrons. The number of rotatable bonds is 9. The predicted molar refractivity (Wildman–Crippen MR) is 75.4 cm³/mol. The minimum Gasteiger partial charge on any atom is -0.468 e. The molecule has 0 saturated heterocycles. The molecule has 3 atom stereocenters. The van der Waals surface area contributed by atoms with Crippen molar-refractivity contribution < 1.29 is 13.7 Å². The van der Waals surface area contributed by atoms with Crippen molar-refractivity contribution in [2.75, 3.05) is 13.4 Å². The largest absolute Gasteiger partial charge is 0.468 e. The van der Waals surface area contributed by atoms with Crippen LogP contribution < -0.4 is 5.73 Å². The van der Waals surface area contributed by atoms with Crippen LogP contribution in [0.3, 0.4) is 0 Å². The van der Waals surface area contributed by atoms with Gasteiger partial charge in [-0.15, -0.1) is 0 Å². The van der Waals surface area contributed by atoms with Crippen molar-refractivity contribution in [3.05, 3.63) is 11.5 Å². The van der Waals surface area contributed by atoms with Gasteiger partial charge in [0, 0.05) is 22.0 Å². The summed E-state index contributed by atoms with van der Waals surface area (Å²) in [5, 5.41) is 0. The summed E-state index contributed by atoms with van der Waals surface area (Å²) in [6.07, 6.45) is 5.92. The maximum atomic E-state index is 11.4. The van der Waals surface area contributed by atoms with Gasteiger partial charge < -0.3 is 10.5 Å². The van der Waals surface area contributed by atoms with E-state index in [1.165, 1.54) is 7.11 Å². The second kappa shape index (κ2) is 9.28. The molecule has 0 fully saturated rings. The van der Waals surface area contributed by atoms with Crippen molar-refractivity contribution in [3.8, 4) is 0 Å². The number of hydrogen-bond donors (Lipinski definition) is 1. The van der Waals surface area contributed by atoms with Gasteiger partial charge in [-0.2, -0.15) is 0 Å². The molecular formula is C13H25NO3S. The number of carbonyl (C=O) groups is 1. The Morgan fingerprint density at radius 2 is 2.06 bits per heavy atom. The Labute approximate surface area is 112 Å². The first kappa shape index (κ1) is 17.3. The maximum absolute atomic E-state index is 11.4. The summed E-state index contributed by atoms with van der Waals surface area (Å²) in [5.74, 6) is -0.230. The molecule has 0 aromatic heterocycles. The van der Waals surface area contributed by atoms with Crippen LogP contribution in [0.2, 0.25) is 0 Å². The summed E-state index contributed by atoms with van der Waals surface area (Å²) in [7, 11) is 0.387. The van der Waals surface area contributed by atoms with Gasteiger partial charge in [0.15, 0.2) is 0 Å². The van der Waals surface area contributed by atoms with E-state index in [-0.39, 0.29) is 11.9 Å². The Morgan fingerprint density at radius 3 is 2.50 bits per heavy atom. The molecule has 0 aliphatic carbocycles. The molecule has 0 aromatic rings. The van der Waals surface area contributed by atoms with Gasteiger partial charge in [-0.3, -0.25) is 9.00 Å². The fraction of sp³-hybridized carbons (Fsp3) is 0.769. The number of methoxy groups -OCH3 is 1. The van der Waals surface area contributed by atoms with Gasteiger partial charge in [-0.25, -0.2) is 0 Å². The smallest absolute Gasteiger partial charge is 0.322 e. The normalized spacial score (nSPS) is 15.8. The third kappa shape index (κ3) is 6.31. The lowest BCUT2D eigenvalue weighted by Crippen LogP contribution is -2.39. The SMILES string of the molecule is C=C(CCCC(CCC)C(N)C(=O)OC)S(C)=O. The summed E-state index contributed by atoms with van der Waals surface area (Å²) < 4.78 is 15.8. The zero-order chi connectivity index (χ0) is 14.1. The number of carbonyl (C=O) groups excluding carboxylic acids is 1. The molecule has 0 bridgehead atoms. The van der Waals surface area contributed by atoms with E-state index in [4.69, 9.17) is 5.73 Å². The Bertz CT molecular complexity index is 305. The lowest BCUT2D eigenvalue weighted by atomic mass is 9.90. The van der Waals surface area contributed by atoms with E-state index in [0.717, 1.165) is 37.0 Å². The minimum atomic E-state index is -0.967. The molecule has 0 rings (SSSR count). The van der Waals surface area contributed by atoms with Crippen LogP contribution in [-0.4, -0.2) is 29.6 Å². The predicted octanol–water partition coefficient (Wildman–Crippen LogP) is 1.97. The van der Waals surface area contributed by atoms with E-state index >= 15 is 0 Å². The molecule has 0 aliphatic rings. The molecule has 0 aliphatic heterocycles. The number of allylic oxidation sites excluding steroid dienone is 1. The van der Waals surface area contributed by atoms with E-state index < -0.39 is 16.8 Å². The van der Waals surface area contributed by atoms with E-state index in [0.29, 0.717) is 0 Å². The second-order valence-electron chi connectivity index (χ2n) is 4.48. The van der Waals surface area contributed by atoms with Crippen LogP contribution in [0, 0.1) is 5.92 Å². The Balaban J connectivity index is 4.23. The topological polar surface area (TPSA) is 69.4 Å². The molecule has 18 heavy (non-hydrogen) atoms. The van der Waals surface area contributed by atoms with E-state index in [1.807, 2.05) is 0 Å².